The average molecular weight is 418 g/mol. The van der Waals surface area contributed by atoms with Crippen molar-refractivity contribution in [2.75, 3.05) is 44.1 Å². The van der Waals surface area contributed by atoms with Crippen LogP contribution in [0, 0.1) is 13.8 Å². The summed E-state index contributed by atoms with van der Waals surface area (Å²) in [6.07, 6.45) is 0. The topological polar surface area (TPSA) is 87.7 Å². The van der Waals surface area contributed by atoms with Gasteiger partial charge in [-0.3, -0.25) is 14.4 Å². The lowest BCUT2D eigenvalue weighted by Crippen LogP contribution is -2.41. The lowest BCUT2D eigenvalue weighted by atomic mass is 10.1. The fraction of sp³-hybridized carbons (Fsp3) is 0.381. The number of amides is 1. The molecular formula is C21H27N3O4S. The first kappa shape index (κ1) is 21.3. The first-order valence-electron chi connectivity index (χ1n) is 9.63. The van der Waals surface area contributed by atoms with Crippen molar-refractivity contribution in [1.29, 1.82) is 0 Å². The number of hydrogen-bond donors (Lipinski definition) is 2. The lowest BCUT2D eigenvalue weighted by Gasteiger charge is -2.26. The summed E-state index contributed by atoms with van der Waals surface area (Å²) in [5.74, 6) is -0.218. The Morgan fingerprint density at radius 1 is 1.03 bits per heavy atom. The van der Waals surface area contributed by atoms with E-state index in [9.17, 15) is 13.2 Å². The number of benzene rings is 2. The van der Waals surface area contributed by atoms with Crippen molar-refractivity contribution >= 4 is 21.6 Å². The third-order valence-corrected chi connectivity index (χ3v) is 6.40. The maximum Gasteiger partial charge on any atom is 0.261 e. The summed E-state index contributed by atoms with van der Waals surface area (Å²) in [4.78, 5) is 14.6. The van der Waals surface area contributed by atoms with E-state index in [-0.39, 0.29) is 10.8 Å². The second kappa shape index (κ2) is 9.39. The van der Waals surface area contributed by atoms with Crippen molar-refractivity contribution in [3.8, 4) is 0 Å². The molecule has 29 heavy (non-hydrogen) atoms. The minimum atomic E-state index is -3.72. The minimum Gasteiger partial charge on any atom is -0.379 e. The summed E-state index contributed by atoms with van der Waals surface area (Å²) < 4.78 is 33.1. The van der Waals surface area contributed by atoms with E-state index in [2.05, 4.69) is 14.9 Å². The Morgan fingerprint density at radius 2 is 1.72 bits per heavy atom. The van der Waals surface area contributed by atoms with Gasteiger partial charge in [-0.15, -0.1) is 0 Å². The van der Waals surface area contributed by atoms with Crippen LogP contribution in [-0.2, 0) is 14.8 Å². The molecule has 0 spiro atoms. The van der Waals surface area contributed by atoms with Gasteiger partial charge in [0.05, 0.1) is 18.1 Å². The monoisotopic (exact) mass is 417 g/mol. The first-order valence-corrected chi connectivity index (χ1v) is 11.1. The molecule has 2 N–H and O–H groups in total. The summed E-state index contributed by atoms with van der Waals surface area (Å²) in [6, 6.07) is 11.3. The van der Waals surface area contributed by atoms with Crippen LogP contribution in [0.3, 0.4) is 0 Å². The lowest BCUT2D eigenvalue weighted by molar-refractivity contribution is 0.0383. The number of rotatable bonds is 7. The smallest absolute Gasteiger partial charge is 0.261 e. The van der Waals surface area contributed by atoms with E-state index >= 15 is 0 Å². The zero-order chi connectivity index (χ0) is 20.9. The third-order valence-electron chi connectivity index (χ3n) is 5.00. The van der Waals surface area contributed by atoms with Crippen LogP contribution in [0.4, 0.5) is 5.69 Å². The van der Waals surface area contributed by atoms with Crippen LogP contribution in [0.1, 0.15) is 21.5 Å². The normalized spacial score (nSPS) is 15.1. The molecule has 1 aliphatic rings. The van der Waals surface area contributed by atoms with Gasteiger partial charge in [0.2, 0.25) is 0 Å². The van der Waals surface area contributed by atoms with Gasteiger partial charge in [-0.2, -0.15) is 0 Å². The molecule has 1 amide bonds. The Balaban J connectivity index is 1.57. The number of sulfonamides is 1. The van der Waals surface area contributed by atoms with Crippen molar-refractivity contribution in [3.63, 3.8) is 0 Å². The molecule has 0 radical (unpaired) electrons. The second-order valence-electron chi connectivity index (χ2n) is 7.14. The summed E-state index contributed by atoms with van der Waals surface area (Å²) in [6.45, 7) is 8.39. The molecule has 0 bridgehead atoms. The van der Waals surface area contributed by atoms with Gasteiger partial charge in [-0.05, 0) is 61.4 Å². The van der Waals surface area contributed by atoms with Gasteiger partial charge < -0.3 is 10.1 Å². The summed E-state index contributed by atoms with van der Waals surface area (Å²) in [5.41, 5.74) is 3.04. The molecular weight excluding hydrogens is 390 g/mol. The van der Waals surface area contributed by atoms with E-state index in [0.29, 0.717) is 17.8 Å². The number of aryl methyl sites for hydroxylation is 2. The van der Waals surface area contributed by atoms with Gasteiger partial charge in [0.25, 0.3) is 15.9 Å². The molecule has 156 valence electrons. The molecule has 0 atom stereocenters. The Kier molecular flexibility index (Phi) is 6.89. The van der Waals surface area contributed by atoms with E-state index in [4.69, 9.17) is 4.74 Å². The second-order valence-corrected chi connectivity index (χ2v) is 8.82. The van der Waals surface area contributed by atoms with Crippen LogP contribution in [0.25, 0.3) is 0 Å². The number of morpholine rings is 1. The van der Waals surface area contributed by atoms with E-state index < -0.39 is 10.0 Å². The molecule has 2 aromatic carbocycles. The molecule has 1 heterocycles. The van der Waals surface area contributed by atoms with Gasteiger partial charge in [-0.1, -0.05) is 6.07 Å². The highest BCUT2D eigenvalue weighted by molar-refractivity contribution is 7.92. The number of nitrogens with one attached hydrogen (secondary N) is 2. The Morgan fingerprint density at radius 3 is 2.38 bits per heavy atom. The minimum absolute atomic E-state index is 0.112. The van der Waals surface area contributed by atoms with Crippen molar-refractivity contribution in [2.45, 2.75) is 18.7 Å². The van der Waals surface area contributed by atoms with Crippen LogP contribution in [0.15, 0.2) is 47.4 Å². The highest BCUT2D eigenvalue weighted by atomic mass is 32.2. The number of carbonyl (C=O) groups excluding carboxylic acids is 1. The third kappa shape index (κ3) is 5.79. The van der Waals surface area contributed by atoms with Gasteiger partial charge in [-0.25, -0.2) is 8.42 Å². The highest BCUT2D eigenvalue weighted by Gasteiger charge is 2.16. The molecule has 1 aliphatic heterocycles. The molecule has 0 aromatic heterocycles. The van der Waals surface area contributed by atoms with Crippen LogP contribution in [0.5, 0.6) is 0 Å². The Bertz CT molecular complexity index is 952. The fourth-order valence-electron chi connectivity index (χ4n) is 3.06. The Labute approximate surface area is 172 Å². The SMILES string of the molecule is Cc1ccc(NS(=O)(=O)c2ccc(C(=O)NCCN3CCOCC3)cc2)cc1C. The number of ether oxygens (including phenoxy) is 1. The van der Waals surface area contributed by atoms with E-state index in [1.54, 1.807) is 12.1 Å². The molecule has 8 heteroatoms. The first-order chi connectivity index (χ1) is 13.8. The average Bonchev–Trinajstić information content (AvgIpc) is 2.71. The molecule has 1 fully saturated rings. The number of nitrogens with zero attached hydrogens (tertiary/aromatic N) is 1. The fourth-order valence-corrected chi connectivity index (χ4v) is 4.11. The summed E-state index contributed by atoms with van der Waals surface area (Å²) in [5, 5.41) is 2.87. The summed E-state index contributed by atoms with van der Waals surface area (Å²) >= 11 is 0. The number of carbonyl (C=O) groups is 1. The number of anilines is 1. The molecule has 0 unspecified atom stereocenters. The maximum absolute atomic E-state index is 12.6. The predicted octanol–water partition coefficient (Wildman–Crippen LogP) is 2.17. The molecule has 7 nitrogen and oxygen atoms in total. The zero-order valence-electron chi connectivity index (χ0n) is 16.8. The van der Waals surface area contributed by atoms with E-state index in [1.807, 2.05) is 19.9 Å². The Hall–Kier alpha value is -2.42. The maximum atomic E-state index is 12.6. The quantitative estimate of drug-likeness (QED) is 0.721. The van der Waals surface area contributed by atoms with Gasteiger partial charge >= 0.3 is 0 Å². The van der Waals surface area contributed by atoms with Gasteiger partial charge in [0, 0.05) is 37.4 Å². The van der Waals surface area contributed by atoms with Crippen molar-refractivity contribution in [1.82, 2.24) is 10.2 Å². The molecule has 3 rings (SSSR count). The van der Waals surface area contributed by atoms with Crippen LogP contribution in [0.2, 0.25) is 0 Å². The van der Waals surface area contributed by atoms with Crippen molar-refractivity contribution in [2.24, 2.45) is 0 Å². The summed E-state index contributed by atoms with van der Waals surface area (Å²) in [7, 11) is -3.72. The van der Waals surface area contributed by atoms with Crippen molar-refractivity contribution in [3.05, 3.63) is 59.2 Å². The molecule has 0 aliphatic carbocycles. The predicted molar refractivity (Wildman–Crippen MR) is 113 cm³/mol. The van der Waals surface area contributed by atoms with Crippen LogP contribution >= 0.6 is 0 Å². The zero-order valence-corrected chi connectivity index (χ0v) is 17.6. The number of hydrogen-bond acceptors (Lipinski definition) is 5. The van der Waals surface area contributed by atoms with Crippen LogP contribution < -0.4 is 10.0 Å². The molecule has 0 saturated carbocycles. The van der Waals surface area contributed by atoms with E-state index in [0.717, 1.165) is 44.0 Å². The van der Waals surface area contributed by atoms with Gasteiger partial charge in [0.1, 0.15) is 0 Å². The van der Waals surface area contributed by atoms with Crippen molar-refractivity contribution < 1.29 is 17.9 Å². The molecule has 2 aromatic rings. The van der Waals surface area contributed by atoms with Crippen LogP contribution in [-0.4, -0.2) is 58.6 Å². The standard InChI is InChI=1S/C21H27N3O4S/c1-16-3-6-19(15-17(16)2)23-29(26,27)20-7-4-18(5-8-20)21(25)22-9-10-24-11-13-28-14-12-24/h3-8,15,23H,9-14H2,1-2H3,(H,22,25). The van der Waals surface area contributed by atoms with E-state index in [1.165, 1.54) is 24.3 Å². The molecule has 1 saturated heterocycles. The van der Waals surface area contributed by atoms with Gasteiger partial charge in [0.15, 0.2) is 0 Å². The largest absolute Gasteiger partial charge is 0.379 e. The highest BCUT2D eigenvalue weighted by Crippen LogP contribution is 2.19.